The number of aryl methyl sites for hydroxylation is 1. The van der Waals surface area contributed by atoms with E-state index in [-0.39, 0.29) is 0 Å². The monoisotopic (exact) mass is 268 g/mol. The van der Waals surface area contributed by atoms with Gasteiger partial charge in [-0.1, -0.05) is 24.4 Å². The molecule has 5 heteroatoms. The molecule has 4 nitrogen and oxygen atoms in total. The highest BCUT2D eigenvalue weighted by molar-refractivity contribution is 6.30. The molecule has 1 aliphatic carbocycles. The summed E-state index contributed by atoms with van der Waals surface area (Å²) >= 11 is 5.89. The lowest BCUT2D eigenvalue weighted by atomic mass is 9.89. The Kier molecular flexibility index (Phi) is 4.40. The third-order valence-electron chi connectivity index (χ3n) is 3.65. The van der Waals surface area contributed by atoms with E-state index in [1.807, 2.05) is 13.0 Å². The standard InChI is InChI=1S/C13H21ClN4/c1-9-8-12(16-17-13(9)14)15-10-6-4-5-7-11(10)18(2)3/h8,10-11H,4-7H2,1-3H3,(H,15,16)/t10?,11-/m0/s1. The molecule has 0 radical (unpaired) electrons. The second-order valence-electron chi connectivity index (χ2n) is 5.27. The summed E-state index contributed by atoms with van der Waals surface area (Å²) in [5.41, 5.74) is 0.964. The smallest absolute Gasteiger partial charge is 0.154 e. The van der Waals surface area contributed by atoms with E-state index in [1.165, 1.54) is 25.7 Å². The average molecular weight is 269 g/mol. The summed E-state index contributed by atoms with van der Waals surface area (Å²) < 4.78 is 0. The third kappa shape index (κ3) is 3.12. The number of hydrogen-bond donors (Lipinski definition) is 1. The van der Waals surface area contributed by atoms with Gasteiger partial charge in [0.1, 0.15) is 5.82 Å². The zero-order chi connectivity index (χ0) is 13.1. The molecule has 0 spiro atoms. The Labute approximate surface area is 114 Å². The summed E-state index contributed by atoms with van der Waals surface area (Å²) in [5.74, 6) is 0.829. The van der Waals surface area contributed by atoms with E-state index in [4.69, 9.17) is 11.6 Å². The van der Waals surface area contributed by atoms with Gasteiger partial charge in [0.05, 0.1) is 0 Å². The van der Waals surface area contributed by atoms with E-state index < -0.39 is 0 Å². The number of likely N-dealkylation sites (N-methyl/N-ethyl adjacent to an activating group) is 1. The predicted octanol–water partition coefficient (Wildman–Crippen LogP) is 2.72. The van der Waals surface area contributed by atoms with Crippen LogP contribution in [0.3, 0.4) is 0 Å². The lowest BCUT2D eigenvalue weighted by Crippen LogP contribution is -2.45. The van der Waals surface area contributed by atoms with Crippen LogP contribution in [-0.4, -0.2) is 41.3 Å². The van der Waals surface area contributed by atoms with Crippen LogP contribution in [0.4, 0.5) is 5.82 Å². The molecular formula is C13H21ClN4. The lowest BCUT2D eigenvalue weighted by molar-refractivity contribution is 0.211. The van der Waals surface area contributed by atoms with Crippen molar-refractivity contribution in [2.24, 2.45) is 0 Å². The maximum absolute atomic E-state index is 5.89. The molecule has 1 unspecified atom stereocenters. The van der Waals surface area contributed by atoms with Crippen LogP contribution in [0.25, 0.3) is 0 Å². The summed E-state index contributed by atoms with van der Waals surface area (Å²) in [6.07, 6.45) is 5.02. The molecule has 1 aromatic rings. The van der Waals surface area contributed by atoms with Gasteiger partial charge in [0.15, 0.2) is 5.15 Å². The molecule has 0 saturated heterocycles. The molecular weight excluding hydrogens is 248 g/mol. The number of anilines is 1. The first-order chi connectivity index (χ1) is 8.58. The molecule has 1 aromatic heterocycles. The van der Waals surface area contributed by atoms with Crippen LogP contribution in [0.5, 0.6) is 0 Å². The predicted molar refractivity (Wildman–Crippen MR) is 75.1 cm³/mol. The molecule has 18 heavy (non-hydrogen) atoms. The van der Waals surface area contributed by atoms with Gasteiger partial charge < -0.3 is 10.2 Å². The van der Waals surface area contributed by atoms with Crippen LogP contribution in [0.1, 0.15) is 31.2 Å². The highest BCUT2D eigenvalue weighted by Crippen LogP contribution is 2.25. The van der Waals surface area contributed by atoms with E-state index in [0.717, 1.165) is 11.4 Å². The molecule has 0 bridgehead atoms. The zero-order valence-corrected chi connectivity index (χ0v) is 12.0. The average Bonchev–Trinajstić information content (AvgIpc) is 2.34. The third-order valence-corrected chi connectivity index (χ3v) is 4.02. The summed E-state index contributed by atoms with van der Waals surface area (Å²) in [6.45, 7) is 1.95. The normalized spacial score (nSPS) is 24.3. The van der Waals surface area contributed by atoms with Crippen LogP contribution in [0.2, 0.25) is 5.15 Å². The molecule has 0 amide bonds. The molecule has 1 fully saturated rings. The van der Waals surface area contributed by atoms with E-state index in [1.54, 1.807) is 0 Å². The van der Waals surface area contributed by atoms with Crippen molar-refractivity contribution in [2.75, 3.05) is 19.4 Å². The van der Waals surface area contributed by atoms with Gasteiger partial charge in [-0.3, -0.25) is 0 Å². The number of hydrogen-bond acceptors (Lipinski definition) is 4. The van der Waals surface area contributed by atoms with Crippen LogP contribution in [0.15, 0.2) is 6.07 Å². The minimum Gasteiger partial charge on any atom is -0.364 e. The van der Waals surface area contributed by atoms with E-state index in [2.05, 4.69) is 34.5 Å². The van der Waals surface area contributed by atoms with Crippen molar-refractivity contribution in [3.63, 3.8) is 0 Å². The second kappa shape index (κ2) is 5.85. The minimum atomic E-state index is 0.448. The molecule has 2 rings (SSSR count). The Bertz CT molecular complexity index is 408. The number of nitrogens with zero attached hydrogens (tertiary/aromatic N) is 3. The van der Waals surface area contributed by atoms with Crippen molar-refractivity contribution >= 4 is 17.4 Å². The van der Waals surface area contributed by atoms with Crippen molar-refractivity contribution in [1.82, 2.24) is 15.1 Å². The Morgan fingerprint density at radius 3 is 2.67 bits per heavy atom. The lowest BCUT2D eigenvalue weighted by Gasteiger charge is -2.36. The van der Waals surface area contributed by atoms with Gasteiger partial charge in [0.2, 0.25) is 0 Å². The van der Waals surface area contributed by atoms with Crippen LogP contribution < -0.4 is 5.32 Å². The molecule has 0 aromatic carbocycles. The van der Waals surface area contributed by atoms with Crippen molar-refractivity contribution in [1.29, 1.82) is 0 Å². The van der Waals surface area contributed by atoms with E-state index in [9.17, 15) is 0 Å². The van der Waals surface area contributed by atoms with Gasteiger partial charge in [0, 0.05) is 12.1 Å². The van der Waals surface area contributed by atoms with Gasteiger partial charge in [0.25, 0.3) is 0 Å². The highest BCUT2D eigenvalue weighted by Gasteiger charge is 2.26. The fraction of sp³-hybridized carbons (Fsp3) is 0.692. The maximum atomic E-state index is 5.89. The first kappa shape index (κ1) is 13.6. The van der Waals surface area contributed by atoms with Crippen molar-refractivity contribution in [2.45, 2.75) is 44.7 Å². The molecule has 1 aliphatic rings. The summed E-state index contributed by atoms with van der Waals surface area (Å²) in [6, 6.07) is 2.98. The van der Waals surface area contributed by atoms with Crippen molar-refractivity contribution < 1.29 is 0 Å². The van der Waals surface area contributed by atoms with Crippen LogP contribution >= 0.6 is 11.6 Å². The van der Waals surface area contributed by atoms with Gasteiger partial charge >= 0.3 is 0 Å². The summed E-state index contributed by atoms with van der Waals surface area (Å²) in [5, 5.41) is 12.1. The fourth-order valence-electron chi connectivity index (χ4n) is 2.63. The second-order valence-corrected chi connectivity index (χ2v) is 5.63. The van der Waals surface area contributed by atoms with Gasteiger partial charge in [-0.25, -0.2) is 0 Å². The largest absolute Gasteiger partial charge is 0.364 e. The molecule has 100 valence electrons. The quantitative estimate of drug-likeness (QED) is 0.915. The molecule has 2 atom stereocenters. The van der Waals surface area contributed by atoms with Crippen LogP contribution in [0, 0.1) is 6.92 Å². The number of rotatable bonds is 3. The summed E-state index contributed by atoms with van der Waals surface area (Å²) in [4.78, 5) is 2.30. The van der Waals surface area contributed by atoms with E-state index in [0.29, 0.717) is 17.2 Å². The van der Waals surface area contributed by atoms with E-state index >= 15 is 0 Å². The molecule has 1 saturated carbocycles. The molecule has 1 N–H and O–H groups in total. The Balaban J connectivity index is 2.08. The Hall–Kier alpha value is -0.870. The maximum Gasteiger partial charge on any atom is 0.154 e. The highest BCUT2D eigenvalue weighted by atomic mass is 35.5. The topological polar surface area (TPSA) is 41.0 Å². The first-order valence-corrected chi connectivity index (χ1v) is 6.88. The molecule has 0 aliphatic heterocycles. The SMILES string of the molecule is Cc1cc(NC2CCCC[C@@H]2N(C)C)nnc1Cl. The number of halogens is 1. The number of aromatic nitrogens is 2. The Morgan fingerprint density at radius 1 is 1.28 bits per heavy atom. The van der Waals surface area contributed by atoms with Gasteiger partial charge in [-0.15, -0.1) is 10.2 Å². The van der Waals surface area contributed by atoms with Gasteiger partial charge in [-0.2, -0.15) is 0 Å². The molecule has 1 heterocycles. The van der Waals surface area contributed by atoms with Crippen molar-refractivity contribution in [3.8, 4) is 0 Å². The first-order valence-electron chi connectivity index (χ1n) is 6.50. The number of nitrogens with one attached hydrogen (secondary N) is 1. The van der Waals surface area contributed by atoms with Crippen LogP contribution in [-0.2, 0) is 0 Å². The fourth-order valence-corrected chi connectivity index (χ4v) is 2.72. The zero-order valence-electron chi connectivity index (χ0n) is 11.3. The summed E-state index contributed by atoms with van der Waals surface area (Å²) in [7, 11) is 4.28. The van der Waals surface area contributed by atoms with Crippen molar-refractivity contribution in [3.05, 3.63) is 16.8 Å². The van der Waals surface area contributed by atoms with Gasteiger partial charge in [-0.05, 0) is 45.5 Å². The Morgan fingerprint density at radius 2 is 2.00 bits per heavy atom. The minimum absolute atomic E-state index is 0.448.